The Balaban J connectivity index is 1.47. The van der Waals surface area contributed by atoms with Gasteiger partial charge in [-0.1, -0.05) is 18.2 Å². The lowest BCUT2D eigenvalue weighted by molar-refractivity contribution is -0.139. The molecule has 3 aromatic rings. The molecular weight excluding hydrogens is 507 g/mol. The van der Waals surface area contributed by atoms with Crippen molar-refractivity contribution in [3.63, 3.8) is 0 Å². The van der Waals surface area contributed by atoms with Crippen LogP contribution in [0, 0.1) is 35.0 Å². The summed E-state index contributed by atoms with van der Waals surface area (Å²) in [6.07, 6.45) is 1.20. The van der Waals surface area contributed by atoms with Gasteiger partial charge in [-0.25, -0.2) is 13.2 Å². The first-order valence-corrected chi connectivity index (χ1v) is 12.1. The van der Waals surface area contributed by atoms with Crippen molar-refractivity contribution < 1.29 is 41.3 Å². The second-order valence-electron chi connectivity index (χ2n) is 8.95. The first kappa shape index (κ1) is 27.3. The number of hydrogen-bond acceptors (Lipinski definition) is 4. The maximum Gasteiger partial charge on any atom is 0.314 e. The van der Waals surface area contributed by atoms with E-state index in [1.807, 2.05) is 0 Å². The summed E-state index contributed by atoms with van der Waals surface area (Å²) in [6, 6.07) is 8.89. The fourth-order valence-corrected chi connectivity index (χ4v) is 4.40. The van der Waals surface area contributed by atoms with Crippen LogP contribution in [0.3, 0.4) is 0 Å². The Hall–Kier alpha value is -3.72. The number of aliphatic hydroxyl groups is 1. The van der Waals surface area contributed by atoms with Crippen molar-refractivity contribution in [1.29, 1.82) is 0 Å². The molecule has 4 rings (SSSR count). The van der Waals surface area contributed by atoms with E-state index in [1.165, 1.54) is 31.2 Å². The second-order valence-corrected chi connectivity index (χ2v) is 8.95. The van der Waals surface area contributed by atoms with Crippen LogP contribution < -0.4 is 9.47 Å². The van der Waals surface area contributed by atoms with Crippen molar-refractivity contribution in [3.05, 3.63) is 88.8 Å². The standard InChI is InChI=1S/C29H25F5O4/c1-3-37-23-12-11-21(26(32)27(23)33)18-8-9-20(22(30)14-18)16-4-6-17(7-5-16)29(36)38-24-13-10-19(15(2)35)25(31)28(24)34/h4,8-15,17,35H,3,5-7H2,1-2H3. The lowest BCUT2D eigenvalue weighted by Gasteiger charge is -2.21. The van der Waals surface area contributed by atoms with Gasteiger partial charge in [0.25, 0.3) is 0 Å². The molecule has 0 saturated carbocycles. The number of benzene rings is 3. The molecular formula is C29H25F5O4. The molecule has 1 aliphatic rings. The van der Waals surface area contributed by atoms with Crippen LogP contribution >= 0.6 is 0 Å². The highest BCUT2D eigenvalue weighted by Gasteiger charge is 2.27. The van der Waals surface area contributed by atoms with Gasteiger partial charge in [-0.15, -0.1) is 0 Å². The monoisotopic (exact) mass is 532 g/mol. The summed E-state index contributed by atoms with van der Waals surface area (Å²) >= 11 is 0. The molecule has 0 amide bonds. The molecule has 200 valence electrons. The summed E-state index contributed by atoms with van der Waals surface area (Å²) in [5, 5.41) is 9.48. The van der Waals surface area contributed by atoms with E-state index in [4.69, 9.17) is 9.47 Å². The van der Waals surface area contributed by atoms with Gasteiger partial charge in [0.1, 0.15) is 5.82 Å². The number of halogens is 5. The number of ether oxygens (including phenoxy) is 2. The van der Waals surface area contributed by atoms with Crippen molar-refractivity contribution in [2.45, 2.75) is 39.2 Å². The quantitative estimate of drug-likeness (QED) is 0.197. The Labute approximate surface area is 216 Å². The van der Waals surface area contributed by atoms with Gasteiger partial charge < -0.3 is 14.6 Å². The Bertz CT molecular complexity index is 1400. The largest absolute Gasteiger partial charge is 0.491 e. The average molecular weight is 533 g/mol. The van der Waals surface area contributed by atoms with Crippen molar-refractivity contribution in [2.24, 2.45) is 5.92 Å². The number of esters is 1. The molecule has 0 aromatic heterocycles. The molecule has 0 saturated heterocycles. The van der Waals surface area contributed by atoms with E-state index < -0.39 is 52.8 Å². The maximum absolute atomic E-state index is 15.0. The van der Waals surface area contributed by atoms with Gasteiger partial charge in [-0.2, -0.15) is 8.78 Å². The third kappa shape index (κ3) is 5.43. The van der Waals surface area contributed by atoms with E-state index >= 15 is 0 Å². The lowest BCUT2D eigenvalue weighted by atomic mass is 9.86. The minimum Gasteiger partial charge on any atom is -0.491 e. The smallest absolute Gasteiger partial charge is 0.314 e. The van der Waals surface area contributed by atoms with E-state index in [0.29, 0.717) is 12.0 Å². The van der Waals surface area contributed by atoms with Gasteiger partial charge in [0, 0.05) is 16.7 Å². The van der Waals surface area contributed by atoms with E-state index in [-0.39, 0.29) is 47.5 Å². The SMILES string of the molecule is CCOc1ccc(-c2ccc(C3=CCC(C(=O)Oc4ccc(C(C)O)c(F)c4F)CC3)c(F)c2)c(F)c1F. The van der Waals surface area contributed by atoms with Gasteiger partial charge >= 0.3 is 5.97 Å². The number of allylic oxidation sites excluding steroid dienone is 2. The first-order valence-electron chi connectivity index (χ1n) is 12.1. The number of aliphatic hydroxyl groups excluding tert-OH is 1. The van der Waals surface area contributed by atoms with Crippen LogP contribution in [0.25, 0.3) is 16.7 Å². The zero-order valence-electron chi connectivity index (χ0n) is 20.7. The van der Waals surface area contributed by atoms with Crippen LogP contribution in [0.1, 0.15) is 50.3 Å². The topological polar surface area (TPSA) is 55.8 Å². The molecule has 1 aliphatic carbocycles. The van der Waals surface area contributed by atoms with Gasteiger partial charge in [0.15, 0.2) is 23.1 Å². The third-order valence-corrected chi connectivity index (χ3v) is 6.45. The molecule has 38 heavy (non-hydrogen) atoms. The fourth-order valence-electron chi connectivity index (χ4n) is 4.40. The third-order valence-electron chi connectivity index (χ3n) is 6.45. The van der Waals surface area contributed by atoms with Crippen molar-refractivity contribution in [2.75, 3.05) is 6.61 Å². The molecule has 0 heterocycles. The number of hydrogen-bond donors (Lipinski definition) is 1. The fraction of sp³-hybridized carbons (Fsp3) is 0.276. The van der Waals surface area contributed by atoms with Gasteiger partial charge in [0.05, 0.1) is 18.6 Å². The van der Waals surface area contributed by atoms with Crippen LogP contribution in [0.4, 0.5) is 22.0 Å². The van der Waals surface area contributed by atoms with E-state index in [1.54, 1.807) is 13.0 Å². The second kappa shape index (κ2) is 11.3. The van der Waals surface area contributed by atoms with Crippen LogP contribution in [0.2, 0.25) is 0 Å². The minimum atomic E-state index is -1.37. The lowest BCUT2D eigenvalue weighted by Crippen LogP contribution is -2.23. The van der Waals surface area contributed by atoms with Crippen molar-refractivity contribution in [1.82, 2.24) is 0 Å². The molecule has 0 spiro atoms. The summed E-state index contributed by atoms with van der Waals surface area (Å²) in [4.78, 5) is 12.5. The molecule has 1 N–H and O–H groups in total. The zero-order chi connectivity index (χ0) is 27.6. The first-order chi connectivity index (χ1) is 18.1. The average Bonchev–Trinajstić information content (AvgIpc) is 2.89. The van der Waals surface area contributed by atoms with Crippen LogP contribution in [-0.4, -0.2) is 17.7 Å². The molecule has 2 unspecified atom stereocenters. The predicted molar refractivity (Wildman–Crippen MR) is 131 cm³/mol. The molecule has 0 fully saturated rings. The molecule has 0 bridgehead atoms. The minimum absolute atomic E-state index is 0.109. The Morgan fingerprint density at radius 3 is 2.26 bits per heavy atom. The Kier molecular flexibility index (Phi) is 8.16. The normalized spacial score (nSPS) is 16.1. The number of carbonyl (C=O) groups is 1. The molecule has 9 heteroatoms. The predicted octanol–water partition coefficient (Wildman–Crippen LogP) is 7.29. The highest BCUT2D eigenvalue weighted by atomic mass is 19.2. The van der Waals surface area contributed by atoms with Gasteiger partial charge in [-0.3, -0.25) is 4.79 Å². The Morgan fingerprint density at radius 2 is 1.63 bits per heavy atom. The van der Waals surface area contributed by atoms with E-state index in [2.05, 4.69) is 0 Å². The van der Waals surface area contributed by atoms with E-state index in [0.717, 1.165) is 18.2 Å². The van der Waals surface area contributed by atoms with Gasteiger partial charge in [0.2, 0.25) is 11.6 Å². The molecule has 3 aromatic carbocycles. The number of carbonyl (C=O) groups excluding carboxylic acids is 1. The summed E-state index contributed by atoms with van der Waals surface area (Å²) in [7, 11) is 0. The maximum atomic E-state index is 15.0. The highest BCUT2D eigenvalue weighted by molar-refractivity contribution is 5.78. The van der Waals surface area contributed by atoms with Crippen LogP contribution in [0.5, 0.6) is 11.5 Å². The Morgan fingerprint density at radius 1 is 0.947 bits per heavy atom. The summed E-state index contributed by atoms with van der Waals surface area (Å²) in [5.41, 5.74) is 0.668. The summed E-state index contributed by atoms with van der Waals surface area (Å²) < 4.78 is 82.3. The molecule has 4 nitrogen and oxygen atoms in total. The van der Waals surface area contributed by atoms with E-state index in [9.17, 15) is 31.9 Å². The van der Waals surface area contributed by atoms with Crippen molar-refractivity contribution >= 4 is 11.5 Å². The number of rotatable bonds is 7. The summed E-state index contributed by atoms with van der Waals surface area (Å²) in [5.74, 6) is -7.80. The van der Waals surface area contributed by atoms with Crippen molar-refractivity contribution in [3.8, 4) is 22.6 Å². The molecule has 0 radical (unpaired) electrons. The van der Waals surface area contributed by atoms with Crippen LogP contribution in [-0.2, 0) is 4.79 Å². The molecule has 2 atom stereocenters. The van der Waals surface area contributed by atoms with Crippen LogP contribution in [0.15, 0.2) is 48.5 Å². The molecule has 0 aliphatic heterocycles. The zero-order valence-corrected chi connectivity index (χ0v) is 20.7. The van der Waals surface area contributed by atoms with Gasteiger partial charge in [-0.05, 0) is 74.6 Å². The summed E-state index contributed by atoms with van der Waals surface area (Å²) in [6.45, 7) is 3.09. The highest BCUT2D eigenvalue weighted by Crippen LogP contribution is 2.36.